The lowest BCUT2D eigenvalue weighted by Gasteiger charge is -2.29. The second-order valence-corrected chi connectivity index (χ2v) is 4.93. The van der Waals surface area contributed by atoms with Crippen molar-refractivity contribution in [1.29, 1.82) is 0 Å². The number of hydrogen-bond donors (Lipinski definition) is 0. The molecule has 0 aliphatic heterocycles. The largest absolute Gasteiger partial charge is 0.299 e. The van der Waals surface area contributed by atoms with Gasteiger partial charge in [0.05, 0.1) is 6.61 Å². The lowest BCUT2D eigenvalue weighted by atomic mass is 9.81. The molecule has 0 spiro atoms. The summed E-state index contributed by atoms with van der Waals surface area (Å²) < 4.78 is 0. The molecule has 16 heavy (non-hydrogen) atoms. The van der Waals surface area contributed by atoms with Crippen molar-refractivity contribution in [1.82, 2.24) is 5.06 Å². The second kappa shape index (κ2) is 7.64. The third-order valence-electron chi connectivity index (χ3n) is 2.88. The van der Waals surface area contributed by atoms with Gasteiger partial charge in [-0.3, -0.25) is 4.84 Å². The second-order valence-electron chi connectivity index (χ2n) is 4.93. The average Bonchev–Trinajstić information content (AvgIpc) is 2.17. The van der Waals surface area contributed by atoms with Crippen LogP contribution in [0.2, 0.25) is 0 Å². The highest BCUT2D eigenvalue weighted by Crippen LogP contribution is 2.30. The fourth-order valence-corrected chi connectivity index (χ4v) is 1.62. The van der Waals surface area contributed by atoms with Crippen molar-refractivity contribution < 1.29 is 4.84 Å². The van der Waals surface area contributed by atoms with Crippen LogP contribution in [0.3, 0.4) is 0 Å². The first kappa shape index (κ1) is 15.4. The average molecular weight is 225 g/mol. The van der Waals surface area contributed by atoms with E-state index in [0.717, 1.165) is 13.0 Å². The molecule has 0 aliphatic carbocycles. The van der Waals surface area contributed by atoms with Gasteiger partial charge < -0.3 is 0 Å². The van der Waals surface area contributed by atoms with Crippen LogP contribution >= 0.6 is 0 Å². The predicted molar refractivity (Wildman–Crippen MR) is 71.2 cm³/mol. The first-order valence-electron chi connectivity index (χ1n) is 6.07. The summed E-state index contributed by atoms with van der Waals surface area (Å²) in [5.74, 6) is 0. The highest BCUT2D eigenvalue weighted by atomic mass is 16.7. The van der Waals surface area contributed by atoms with Crippen LogP contribution in [0.25, 0.3) is 0 Å². The standard InChI is InChI=1S/C14H27NO/c1-7-9-11-16-15(6)12-13(3)14(4,5)10-8-2/h7H,1,3,8-12H2,2,4-6H3. The van der Waals surface area contributed by atoms with Crippen molar-refractivity contribution in [2.24, 2.45) is 5.41 Å². The van der Waals surface area contributed by atoms with E-state index in [1.54, 1.807) is 0 Å². The Morgan fingerprint density at radius 1 is 1.44 bits per heavy atom. The molecular formula is C14H27NO. The van der Waals surface area contributed by atoms with Gasteiger partial charge in [-0.25, -0.2) is 0 Å². The van der Waals surface area contributed by atoms with Crippen molar-refractivity contribution in [2.75, 3.05) is 20.2 Å². The zero-order chi connectivity index (χ0) is 12.6. The Labute approximate surface area is 101 Å². The van der Waals surface area contributed by atoms with Crippen LogP contribution in [0, 0.1) is 5.41 Å². The molecule has 0 unspecified atom stereocenters. The van der Waals surface area contributed by atoms with Crippen molar-refractivity contribution in [2.45, 2.75) is 40.0 Å². The van der Waals surface area contributed by atoms with Crippen LogP contribution in [-0.2, 0) is 4.84 Å². The topological polar surface area (TPSA) is 12.5 Å². The first-order valence-corrected chi connectivity index (χ1v) is 6.07. The van der Waals surface area contributed by atoms with Crippen molar-refractivity contribution >= 4 is 0 Å². The molecular weight excluding hydrogens is 198 g/mol. The number of likely N-dealkylation sites (N-methyl/N-ethyl adjacent to an activating group) is 1. The fourth-order valence-electron chi connectivity index (χ4n) is 1.62. The maximum absolute atomic E-state index is 5.53. The number of nitrogens with zero attached hydrogens (tertiary/aromatic N) is 1. The molecule has 0 fully saturated rings. The van der Waals surface area contributed by atoms with Crippen LogP contribution in [-0.4, -0.2) is 25.3 Å². The van der Waals surface area contributed by atoms with Crippen LogP contribution in [0.1, 0.15) is 40.0 Å². The zero-order valence-electron chi connectivity index (χ0n) is 11.4. The highest BCUT2D eigenvalue weighted by Gasteiger charge is 2.21. The normalized spacial score (nSPS) is 11.8. The monoisotopic (exact) mass is 225 g/mol. The van der Waals surface area contributed by atoms with Crippen molar-refractivity contribution in [3.05, 3.63) is 24.8 Å². The molecule has 0 bridgehead atoms. The lowest BCUT2D eigenvalue weighted by molar-refractivity contribution is -0.133. The fraction of sp³-hybridized carbons (Fsp3) is 0.714. The van der Waals surface area contributed by atoms with E-state index in [2.05, 4.69) is 33.9 Å². The molecule has 0 heterocycles. The molecule has 0 aromatic carbocycles. The first-order chi connectivity index (χ1) is 7.44. The summed E-state index contributed by atoms with van der Waals surface area (Å²) in [6.45, 7) is 16.0. The Bertz CT molecular complexity index is 221. The van der Waals surface area contributed by atoms with Crippen LogP contribution < -0.4 is 0 Å². The van der Waals surface area contributed by atoms with Gasteiger partial charge in [0.1, 0.15) is 0 Å². The third kappa shape index (κ3) is 6.09. The molecule has 94 valence electrons. The molecule has 0 atom stereocenters. The summed E-state index contributed by atoms with van der Waals surface area (Å²) in [5.41, 5.74) is 1.43. The summed E-state index contributed by atoms with van der Waals surface area (Å²) in [6.07, 6.45) is 5.11. The molecule has 0 saturated carbocycles. The van der Waals surface area contributed by atoms with E-state index in [0.29, 0.717) is 6.61 Å². The zero-order valence-corrected chi connectivity index (χ0v) is 11.4. The Balaban J connectivity index is 3.97. The van der Waals surface area contributed by atoms with Gasteiger partial charge in [0.15, 0.2) is 0 Å². The number of hydrogen-bond acceptors (Lipinski definition) is 2. The van der Waals surface area contributed by atoms with Crippen LogP contribution in [0.15, 0.2) is 24.8 Å². The molecule has 0 amide bonds. The summed E-state index contributed by atoms with van der Waals surface area (Å²) >= 11 is 0. The van der Waals surface area contributed by atoms with E-state index < -0.39 is 0 Å². The maximum Gasteiger partial charge on any atom is 0.0719 e. The molecule has 0 rings (SSSR count). The smallest absolute Gasteiger partial charge is 0.0719 e. The van der Waals surface area contributed by atoms with Crippen molar-refractivity contribution in [3.63, 3.8) is 0 Å². The highest BCUT2D eigenvalue weighted by molar-refractivity contribution is 5.08. The summed E-state index contributed by atoms with van der Waals surface area (Å²) in [7, 11) is 1.95. The van der Waals surface area contributed by atoms with Gasteiger partial charge in [-0.2, -0.15) is 5.06 Å². The van der Waals surface area contributed by atoms with Crippen LogP contribution in [0.5, 0.6) is 0 Å². The number of hydroxylamine groups is 2. The summed E-state index contributed by atoms with van der Waals surface area (Å²) in [6, 6.07) is 0. The minimum Gasteiger partial charge on any atom is -0.299 e. The van der Waals surface area contributed by atoms with E-state index in [1.807, 2.05) is 18.2 Å². The van der Waals surface area contributed by atoms with Gasteiger partial charge in [0.25, 0.3) is 0 Å². The van der Waals surface area contributed by atoms with E-state index in [4.69, 9.17) is 4.84 Å². The van der Waals surface area contributed by atoms with Gasteiger partial charge in [0.2, 0.25) is 0 Å². The Hall–Kier alpha value is -0.600. The van der Waals surface area contributed by atoms with E-state index in [-0.39, 0.29) is 5.41 Å². The molecule has 0 N–H and O–H groups in total. The quantitative estimate of drug-likeness (QED) is 0.336. The Kier molecular flexibility index (Phi) is 7.35. The van der Waals surface area contributed by atoms with Crippen molar-refractivity contribution in [3.8, 4) is 0 Å². The summed E-state index contributed by atoms with van der Waals surface area (Å²) in [5, 5.41) is 1.86. The predicted octanol–water partition coefficient (Wildman–Crippen LogP) is 3.81. The van der Waals surface area contributed by atoms with Crippen LogP contribution in [0.4, 0.5) is 0 Å². The van der Waals surface area contributed by atoms with Gasteiger partial charge in [-0.1, -0.05) is 45.4 Å². The molecule has 0 radical (unpaired) electrons. The van der Waals surface area contributed by atoms with E-state index in [1.165, 1.54) is 18.4 Å². The van der Waals surface area contributed by atoms with E-state index in [9.17, 15) is 0 Å². The molecule has 0 aromatic heterocycles. The molecule has 0 aliphatic rings. The molecule has 0 saturated heterocycles. The number of rotatable bonds is 9. The molecule has 2 nitrogen and oxygen atoms in total. The van der Waals surface area contributed by atoms with Gasteiger partial charge >= 0.3 is 0 Å². The lowest BCUT2D eigenvalue weighted by Crippen LogP contribution is -2.27. The van der Waals surface area contributed by atoms with Gasteiger partial charge in [0, 0.05) is 13.6 Å². The Morgan fingerprint density at radius 2 is 2.06 bits per heavy atom. The minimum atomic E-state index is 0.199. The molecule has 0 aromatic rings. The van der Waals surface area contributed by atoms with Gasteiger partial charge in [-0.05, 0) is 18.3 Å². The summed E-state index contributed by atoms with van der Waals surface area (Å²) in [4.78, 5) is 5.53. The van der Waals surface area contributed by atoms with Gasteiger partial charge in [-0.15, -0.1) is 6.58 Å². The minimum absolute atomic E-state index is 0.199. The maximum atomic E-state index is 5.53. The third-order valence-corrected chi connectivity index (χ3v) is 2.88. The van der Waals surface area contributed by atoms with E-state index >= 15 is 0 Å². The molecule has 2 heteroatoms. The SMILES string of the molecule is C=CCCON(C)CC(=C)C(C)(C)CCC. The Morgan fingerprint density at radius 3 is 2.56 bits per heavy atom.